The number of rotatable bonds is 5. The second-order valence-corrected chi connectivity index (χ2v) is 5.90. The fourth-order valence-corrected chi connectivity index (χ4v) is 2.98. The molecule has 0 saturated carbocycles. The highest BCUT2D eigenvalue weighted by Gasteiger charge is 2.14. The molecule has 0 aliphatic rings. The Morgan fingerprint density at radius 2 is 1.73 bits per heavy atom. The topological polar surface area (TPSA) is 43.9 Å². The molecular formula is C18H23N3O. The summed E-state index contributed by atoms with van der Waals surface area (Å²) in [4.78, 5) is 4.67. The molecule has 4 heteroatoms. The molecule has 0 atom stereocenters. The molecule has 3 aromatic rings. The van der Waals surface area contributed by atoms with Crippen molar-refractivity contribution in [2.24, 2.45) is 7.05 Å². The van der Waals surface area contributed by atoms with E-state index in [9.17, 15) is 0 Å². The van der Waals surface area contributed by atoms with E-state index in [1.54, 1.807) is 0 Å². The molecule has 116 valence electrons. The van der Waals surface area contributed by atoms with Gasteiger partial charge in [0.25, 0.3) is 0 Å². The summed E-state index contributed by atoms with van der Waals surface area (Å²) in [6, 6.07) is 6.37. The van der Waals surface area contributed by atoms with Crippen LogP contribution in [0.5, 0.6) is 0 Å². The number of hydrogen-bond acceptors (Lipinski definition) is 3. The Hall–Kier alpha value is -2.10. The fraction of sp³-hybridized carbons (Fsp3) is 0.444. The molecule has 4 nitrogen and oxygen atoms in total. The number of aromatic nitrogens is 3. The van der Waals surface area contributed by atoms with Crippen LogP contribution >= 0.6 is 0 Å². The van der Waals surface area contributed by atoms with E-state index >= 15 is 0 Å². The van der Waals surface area contributed by atoms with Gasteiger partial charge in [0, 0.05) is 7.05 Å². The molecule has 0 amide bonds. The summed E-state index contributed by atoms with van der Waals surface area (Å²) in [5.74, 6) is 0.647. The van der Waals surface area contributed by atoms with Crippen molar-refractivity contribution in [3.8, 4) is 11.6 Å². The van der Waals surface area contributed by atoms with Gasteiger partial charge in [0.2, 0.25) is 5.89 Å². The quantitative estimate of drug-likeness (QED) is 0.699. The normalized spacial score (nSPS) is 11.5. The molecule has 22 heavy (non-hydrogen) atoms. The van der Waals surface area contributed by atoms with Gasteiger partial charge in [0.1, 0.15) is 11.2 Å². The summed E-state index contributed by atoms with van der Waals surface area (Å²) in [5.41, 5.74) is 6.49. The molecule has 1 aromatic carbocycles. The largest absolute Gasteiger partial charge is 0.435 e. The van der Waals surface area contributed by atoms with Gasteiger partial charge in [-0.15, -0.1) is 0 Å². The molecule has 0 saturated heterocycles. The minimum Gasteiger partial charge on any atom is -0.435 e. The standard InChI is InChI=1S/C18H23N3O/c1-5-7-13-10-15-17(11-14(13)8-6-2)22-18(19-15)16-9-12(3)20-21(16)4/h9-11H,5-8H2,1-4H3. The van der Waals surface area contributed by atoms with E-state index in [2.05, 4.69) is 36.1 Å². The van der Waals surface area contributed by atoms with Gasteiger partial charge in [0.15, 0.2) is 5.58 Å². The number of hydrogen-bond donors (Lipinski definition) is 0. The molecule has 0 aliphatic carbocycles. The van der Waals surface area contributed by atoms with Crippen LogP contribution in [0.1, 0.15) is 43.5 Å². The molecule has 0 spiro atoms. The first-order valence-electron chi connectivity index (χ1n) is 8.05. The number of benzene rings is 1. The lowest BCUT2D eigenvalue weighted by Crippen LogP contribution is -1.94. The molecule has 0 fully saturated rings. The molecule has 0 unspecified atom stereocenters. The zero-order chi connectivity index (χ0) is 15.7. The third-order valence-corrected chi connectivity index (χ3v) is 3.97. The van der Waals surface area contributed by atoms with Crippen LogP contribution in [-0.4, -0.2) is 14.8 Å². The number of fused-ring (bicyclic) bond motifs is 1. The van der Waals surface area contributed by atoms with Crippen molar-refractivity contribution in [2.45, 2.75) is 46.5 Å². The fourth-order valence-electron chi connectivity index (χ4n) is 2.98. The predicted octanol–water partition coefficient (Wildman–Crippen LogP) is 4.44. The van der Waals surface area contributed by atoms with Crippen LogP contribution in [0.2, 0.25) is 0 Å². The van der Waals surface area contributed by atoms with Crippen molar-refractivity contribution in [3.63, 3.8) is 0 Å². The molecule has 2 aromatic heterocycles. The Kier molecular flexibility index (Phi) is 4.01. The minimum atomic E-state index is 0.647. The first-order valence-corrected chi connectivity index (χ1v) is 8.05. The minimum absolute atomic E-state index is 0.647. The average molecular weight is 297 g/mol. The summed E-state index contributed by atoms with van der Waals surface area (Å²) in [7, 11) is 1.92. The van der Waals surface area contributed by atoms with E-state index < -0.39 is 0 Å². The third kappa shape index (κ3) is 2.65. The average Bonchev–Trinajstić information content (AvgIpc) is 3.02. The van der Waals surface area contributed by atoms with Crippen LogP contribution in [0.4, 0.5) is 0 Å². The highest BCUT2D eigenvalue weighted by atomic mass is 16.3. The van der Waals surface area contributed by atoms with Gasteiger partial charge in [-0.3, -0.25) is 4.68 Å². The van der Waals surface area contributed by atoms with Crippen molar-refractivity contribution in [1.82, 2.24) is 14.8 Å². The van der Waals surface area contributed by atoms with Gasteiger partial charge in [-0.1, -0.05) is 26.7 Å². The first-order chi connectivity index (χ1) is 10.6. The molecule has 2 heterocycles. The maximum Gasteiger partial charge on any atom is 0.245 e. The highest BCUT2D eigenvalue weighted by molar-refractivity contribution is 5.77. The molecule has 0 bridgehead atoms. The molecule has 0 aliphatic heterocycles. The Bertz CT molecular complexity index is 755. The van der Waals surface area contributed by atoms with Crippen molar-refractivity contribution in [3.05, 3.63) is 35.0 Å². The van der Waals surface area contributed by atoms with Crippen molar-refractivity contribution < 1.29 is 4.42 Å². The van der Waals surface area contributed by atoms with E-state index in [4.69, 9.17) is 4.42 Å². The van der Waals surface area contributed by atoms with Gasteiger partial charge in [-0.25, -0.2) is 4.98 Å². The van der Waals surface area contributed by atoms with E-state index in [-0.39, 0.29) is 0 Å². The highest BCUT2D eigenvalue weighted by Crippen LogP contribution is 2.28. The third-order valence-electron chi connectivity index (χ3n) is 3.97. The number of nitrogens with zero attached hydrogens (tertiary/aromatic N) is 3. The van der Waals surface area contributed by atoms with Crippen molar-refractivity contribution in [2.75, 3.05) is 0 Å². The summed E-state index contributed by atoms with van der Waals surface area (Å²) in [5, 5.41) is 4.37. The van der Waals surface area contributed by atoms with Crippen molar-refractivity contribution in [1.29, 1.82) is 0 Å². The molecule has 3 rings (SSSR count). The zero-order valence-corrected chi connectivity index (χ0v) is 13.8. The Morgan fingerprint density at radius 3 is 2.32 bits per heavy atom. The predicted molar refractivity (Wildman–Crippen MR) is 88.9 cm³/mol. The monoisotopic (exact) mass is 297 g/mol. The van der Waals surface area contributed by atoms with Crippen LogP contribution in [0, 0.1) is 6.92 Å². The molecule has 0 radical (unpaired) electrons. The van der Waals surface area contributed by atoms with E-state index in [1.807, 2.05) is 24.7 Å². The smallest absolute Gasteiger partial charge is 0.245 e. The SMILES string of the molecule is CCCc1cc2nc(-c3cc(C)nn3C)oc2cc1CCC. The van der Waals surface area contributed by atoms with Gasteiger partial charge in [-0.05, 0) is 49.1 Å². The molecular weight excluding hydrogens is 274 g/mol. The van der Waals surface area contributed by atoms with Crippen LogP contribution in [0.3, 0.4) is 0 Å². The van der Waals surface area contributed by atoms with Gasteiger partial charge in [0.05, 0.1) is 5.69 Å². The van der Waals surface area contributed by atoms with E-state index in [1.165, 1.54) is 11.1 Å². The maximum absolute atomic E-state index is 6.00. The van der Waals surface area contributed by atoms with E-state index in [0.717, 1.165) is 48.2 Å². The van der Waals surface area contributed by atoms with Gasteiger partial charge < -0.3 is 4.42 Å². The summed E-state index contributed by atoms with van der Waals surface area (Å²) < 4.78 is 7.82. The van der Waals surface area contributed by atoms with Crippen molar-refractivity contribution >= 4 is 11.1 Å². The summed E-state index contributed by atoms with van der Waals surface area (Å²) in [6.07, 6.45) is 4.47. The van der Waals surface area contributed by atoms with Crippen LogP contribution in [0.25, 0.3) is 22.7 Å². The van der Waals surface area contributed by atoms with Crippen LogP contribution in [-0.2, 0) is 19.9 Å². The Morgan fingerprint density at radius 1 is 1.05 bits per heavy atom. The van der Waals surface area contributed by atoms with Gasteiger partial charge in [-0.2, -0.15) is 5.10 Å². The Balaban J connectivity index is 2.10. The molecule has 0 N–H and O–H groups in total. The Labute approximate surface area is 131 Å². The lowest BCUT2D eigenvalue weighted by atomic mass is 9.99. The van der Waals surface area contributed by atoms with Gasteiger partial charge >= 0.3 is 0 Å². The maximum atomic E-state index is 6.00. The second kappa shape index (κ2) is 5.95. The zero-order valence-electron chi connectivity index (χ0n) is 13.8. The first kappa shape index (κ1) is 14.8. The van der Waals surface area contributed by atoms with Crippen LogP contribution in [0.15, 0.2) is 22.6 Å². The second-order valence-electron chi connectivity index (χ2n) is 5.90. The number of oxazole rings is 1. The number of aryl methyl sites for hydroxylation is 4. The van der Waals surface area contributed by atoms with E-state index in [0.29, 0.717) is 5.89 Å². The lowest BCUT2D eigenvalue weighted by molar-refractivity contribution is 0.605. The lowest BCUT2D eigenvalue weighted by Gasteiger charge is -2.07. The summed E-state index contributed by atoms with van der Waals surface area (Å²) in [6.45, 7) is 6.40. The van der Waals surface area contributed by atoms with Crippen LogP contribution < -0.4 is 0 Å². The summed E-state index contributed by atoms with van der Waals surface area (Å²) >= 11 is 0.